The number of nitrogens with one attached hydrogen (secondary N) is 2. The molecule has 0 radical (unpaired) electrons. The monoisotopic (exact) mass is 357 g/mol. The SMILES string of the molecule is COc1ccc(NC(=O)C(=O)N/N=C/c2ccc(OC)cc2OC)cc1. The van der Waals surface area contributed by atoms with E-state index in [0.717, 1.165) is 0 Å². The van der Waals surface area contributed by atoms with Crippen LogP contribution in [0.25, 0.3) is 0 Å². The van der Waals surface area contributed by atoms with Gasteiger partial charge in [0.25, 0.3) is 0 Å². The van der Waals surface area contributed by atoms with E-state index in [4.69, 9.17) is 14.2 Å². The van der Waals surface area contributed by atoms with Gasteiger partial charge in [0.1, 0.15) is 17.2 Å². The van der Waals surface area contributed by atoms with Gasteiger partial charge in [-0.1, -0.05) is 0 Å². The molecule has 2 amide bonds. The Morgan fingerprint density at radius 1 is 0.885 bits per heavy atom. The molecule has 0 aromatic heterocycles. The Kier molecular flexibility index (Phi) is 6.55. The number of carbonyl (C=O) groups excluding carboxylic acids is 2. The fourth-order valence-corrected chi connectivity index (χ4v) is 2.00. The Labute approximate surface area is 150 Å². The van der Waals surface area contributed by atoms with E-state index in [0.29, 0.717) is 28.5 Å². The zero-order valence-electron chi connectivity index (χ0n) is 14.6. The summed E-state index contributed by atoms with van der Waals surface area (Å²) in [5, 5.41) is 6.23. The van der Waals surface area contributed by atoms with Gasteiger partial charge < -0.3 is 19.5 Å². The topological polar surface area (TPSA) is 98.2 Å². The fraction of sp³-hybridized carbons (Fsp3) is 0.167. The van der Waals surface area contributed by atoms with Crippen LogP contribution >= 0.6 is 0 Å². The highest BCUT2D eigenvalue weighted by Gasteiger charge is 2.13. The number of amides is 2. The lowest BCUT2D eigenvalue weighted by Crippen LogP contribution is -2.32. The molecule has 0 atom stereocenters. The fourth-order valence-electron chi connectivity index (χ4n) is 2.00. The summed E-state index contributed by atoms with van der Waals surface area (Å²) in [5.41, 5.74) is 3.24. The summed E-state index contributed by atoms with van der Waals surface area (Å²) in [5.74, 6) is 0.0518. The van der Waals surface area contributed by atoms with Gasteiger partial charge in [0.05, 0.1) is 27.5 Å². The summed E-state index contributed by atoms with van der Waals surface area (Å²) in [6.45, 7) is 0. The molecular formula is C18H19N3O5. The van der Waals surface area contributed by atoms with Crippen molar-refractivity contribution in [2.45, 2.75) is 0 Å². The number of anilines is 1. The predicted octanol–water partition coefficient (Wildman–Crippen LogP) is 1.80. The average Bonchev–Trinajstić information content (AvgIpc) is 2.68. The first-order valence-corrected chi connectivity index (χ1v) is 7.58. The van der Waals surface area contributed by atoms with Crippen LogP contribution in [0.2, 0.25) is 0 Å². The van der Waals surface area contributed by atoms with Gasteiger partial charge in [0, 0.05) is 17.3 Å². The molecule has 0 aliphatic heterocycles. The molecule has 2 rings (SSSR count). The highest BCUT2D eigenvalue weighted by atomic mass is 16.5. The van der Waals surface area contributed by atoms with Gasteiger partial charge in [-0.25, -0.2) is 5.43 Å². The highest BCUT2D eigenvalue weighted by molar-refractivity contribution is 6.39. The Balaban J connectivity index is 1.94. The number of hydrogen-bond donors (Lipinski definition) is 2. The lowest BCUT2D eigenvalue weighted by atomic mass is 10.2. The molecule has 0 unspecified atom stereocenters. The summed E-state index contributed by atoms with van der Waals surface area (Å²) >= 11 is 0. The van der Waals surface area contributed by atoms with Crippen LogP contribution in [-0.2, 0) is 9.59 Å². The third-order valence-electron chi connectivity index (χ3n) is 3.36. The van der Waals surface area contributed by atoms with Crippen LogP contribution in [0.15, 0.2) is 47.6 Å². The third kappa shape index (κ3) is 4.97. The van der Waals surface area contributed by atoms with E-state index in [9.17, 15) is 9.59 Å². The lowest BCUT2D eigenvalue weighted by Gasteiger charge is -2.07. The predicted molar refractivity (Wildman–Crippen MR) is 96.9 cm³/mol. The normalized spacial score (nSPS) is 10.3. The number of ether oxygens (including phenoxy) is 3. The van der Waals surface area contributed by atoms with E-state index in [2.05, 4.69) is 15.8 Å². The summed E-state index contributed by atoms with van der Waals surface area (Å²) in [4.78, 5) is 23.6. The van der Waals surface area contributed by atoms with Crippen LogP contribution in [0.5, 0.6) is 17.2 Å². The van der Waals surface area contributed by atoms with Crippen molar-refractivity contribution in [3.8, 4) is 17.2 Å². The first kappa shape index (κ1) is 18.8. The Hall–Kier alpha value is -3.55. The van der Waals surface area contributed by atoms with Crippen molar-refractivity contribution in [1.29, 1.82) is 0 Å². The molecule has 0 saturated heterocycles. The number of carbonyl (C=O) groups is 2. The second-order valence-electron chi connectivity index (χ2n) is 4.99. The minimum absolute atomic E-state index is 0.465. The summed E-state index contributed by atoms with van der Waals surface area (Å²) in [6.07, 6.45) is 1.37. The second-order valence-corrected chi connectivity index (χ2v) is 4.99. The van der Waals surface area contributed by atoms with E-state index in [1.165, 1.54) is 20.4 Å². The number of methoxy groups -OCH3 is 3. The molecular weight excluding hydrogens is 338 g/mol. The van der Waals surface area contributed by atoms with Gasteiger partial charge in [0.2, 0.25) is 0 Å². The first-order chi connectivity index (χ1) is 12.6. The molecule has 136 valence electrons. The highest BCUT2D eigenvalue weighted by Crippen LogP contribution is 2.23. The maximum atomic E-state index is 11.8. The summed E-state index contributed by atoms with van der Waals surface area (Å²) < 4.78 is 15.3. The van der Waals surface area contributed by atoms with Crippen molar-refractivity contribution in [2.24, 2.45) is 5.10 Å². The van der Waals surface area contributed by atoms with Crippen LogP contribution in [0.3, 0.4) is 0 Å². The molecule has 0 spiro atoms. The second kappa shape index (κ2) is 9.07. The summed E-state index contributed by atoms with van der Waals surface area (Å²) in [6, 6.07) is 11.7. The van der Waals surface area contributed by atoms with Crippen molar-refractivity contribution in [3.63, 3.8) is 0 Å². The zero-order valence-corrected chi connectivity index (χ0v) is 14.6. The number of rotatable bonds is 6. The van der Waals surface area contributed by atoms with Crippen LogP contribution < -0.4 is 25.0 Å². The van der Waals surface area contributed by atoms with Gasteiger partial charge in [-0.2, -0.15) is 5.10 Å². The van der Waals surface area contributed by atoms with Crippen molar-refractivity contribution < 1.29 is 23.8 Å². The number of nitrogens with zero attached hydrogens (tertiary/aromatic N) is 1. The van der Waals surface area contributed by atoms with Crippen LogP contribution in [-0.4, -0.2) is 39.4 Å². The zero-order chi connectivity index (χ0) is 18.9. The van der Waals surface area contributed by atoms with Gasteiger partial charge in [0.15, 0.2) is 0 Å². The third-order valence-corrected chi connectivity index (χ3v) is 3.36. The van der Waals surface area contributed by atoms with Gasteiger partial charge >= 0.3 is 11.8 Å². The molecule has 2 aromatic rings. The summed E-state index contributed by atoms with van der Waals surface area (Å²) in [7, 11) is 4.59. The van der Waals surface area contributed by atoms with Crippen molar-refractivity contribution >= 4 is 23.7 Å². The molecule has 2 aromatic carbocycles. The van der Waals surface area contributed by atoms with Crippen LogP contribution in [0.1, 0.15) is 5.56 Å². The first-order valence-electron chi connectivity index (χ1n) is 7.58. The van der Waals surface area contributed by atoms with Crippen molar-refractivity contribution in [3.05, 3.63) is 48.0 Å². The number of benzene rings is 2. The number of hydrogen-bond acceptors (Lipinski definition) is 6. The molecule has 26 heavy (non-hydrogen) atoms. The lowest BCUT2D eigenvalue weighted by molar-refractivity contribution is -0.136. The Bertz CT molecular complexity index is 803. The Morgan fingerprint density at radius 3 is 2.15 bits per heavy atom. The molecule has 0 bridgehead atoms. The van der Waals surface area contributed by atoms with Gasteiger partial charge in [-0.15, -0.1) is 0 Å². The molecule has 0 heterocycles. The Morgan fingerprint density at radius 2 is 1.54 bits per heavy atom. The molecule has 8 heteroatoms. The molecule has 8 nitrogen and oxygen atoms in total. The van der Waals surface area contributed by atoms with Gasteiger partial charge in [-0.3, -0.25) is 9.59 Å². The van der Waals surface area contributed by atoms with E-state index in [1.807, 2.05) is 0 Å². The maximum absolute atomic E-state index is 11.8. The van der Waals surface area contributed by atoms with Crippen molar-refractivity contribution in [1.82, 2.24) is 5.43 Å². The van der Waals surface area contributed by atoms with E-state index in [-0.39, 0.29) is 0 Å². The van der Waals surface area contributed by atoms with E-state index < -0.39 is 11.8 Å². The standard InChI is InChI=1S/C18H19N3O5/c1-24-14-8-5-13(6-9-14)20-17(22)18(23)21-19-11-12-4-7-15(25-2)10-16(12)26-3/h4-11H,1-3H3,(H,20,22)(H,21,23)/b19-11+. The molecule has 0 saturated carbocycles. The van der Waals surface area contributed by atoms with Crippen LogP contribution in [0.4, 0.5) is 5.69 Å². The molecule has 0 fully saturated rings. The van der Waals surface area contributed by atoms with Crippen LogP contribution in [0, 0.1) is 0 Å². The average molecular weight is 357 g/mol. The largest absolute Gasteiger partial charge is 0.497 e. The minimum Gasteiger partial charge on any atom is -0.497 e. The molecule has 0 aliphatic carbocycles. The molecule has 2 N–H and O–H groups in total. The minimum atomic E-state index is -0.899. The molecule has 0 aliphatic rings. The smallest absolute Gasteiger partial charge is 0.329 e. The number of hydrazone groups is 1. The van der Waals surface area contributed by atoms with E-state index >= 15 is 0 Å². The van der Waals surface area contributed by atoms with Crippen molar-refractivity contribution in [2.75, 3.05) is 26.6 Å². The maximum Gasteiger partial charge on any atom is 0.329 e. The van der Waals surface area contributed by atoms with E-state index in [1.54, 1.807) is 49.6 Å². The van der Waals surface area contributed by atoms with Gasteiger partial charge in [-0.05, 0) is 36.4 Å². The quantitative estimate of drug-likeness (QED) is 0.467.